The molecular formula is C20H19NO4. The molecule has 1 unspecified atom stereocenters. The van der Waals surface area contributed by atoms with E-state index in [4.69, 9.17) is 4.74 Å². The van der Waals surface area contributed by atoms with E-state index in [1.54, 1.807) is 6.92 Å². The molecule has 1 aliphatic carbocycles. The Kier molecular flexibility index (Phi) is 4.93. The Hall–Kier alpha value is -2.95. The highest BCUT2D eigenvalue weighted by Gasteiger charge is 2.27. The second-order valence-electron chi connectivity index (χ2n) is 5.99. The van der Waals surface area contributed by atoms with E-state index in [1.165, 1.54) is 6.07 Å². The van der Waals surface area contributed by atoms with E-state index in [-0.39, 0.29) is 23.9 Å². The number of ether oxygens (including phenoxy) is 1. The summed E-state index contributed by atoms with van der Waals surface area (Å²) in [7, 11) is 0. The number of benzene rings is 1. The Morgan fingerprint density at radius 2 is 2.00 bits per heavy atom. The van der Waals surface area contributed by atoms with Crippen molar-refractivity contribution in [1.82, 2.24) is 4.98 Å². The minimum Gasteiger partial charge on any atom is -0.462 e. The van der Waals surface area contributed by atoms with Crippen molar-refractivity contribution in [3.05, 3.63) is 75.2 Å². The maximum absolute atomic E-state index is 12.4. The maximum Gasteiger partial charge on any atom is 0.343 e. The summed E-state index contributed by atoms with van der Waals surface area (Å²) in [6.45, 7) is 1.84. The van der Waals surface area contributed by atoms with Gasteiger partial charge in [-0.2, -0.15) is 0 Å². The van der Waals surface area contributed by atoms with E-state index in [9.17, 15) is 14.4 Å². The Bertz CT molecular complexity index is 880. The minimum absolute atomic E-state index is 0.0179. The minimum atomic E-state index is -0.703. The second kappa shape index (κ2) is 7.30. The van der Waals surface area contributed by atoms with Crippen molar-refractivity contribution >= 4 is 17.8 Å². The number of pyridine rings is 1. The van der Waals surface area contributed by atoms with Crippen LogP contribution in [0.5, 0.6) is 0 Å². The first-order valence-corrected chi connectivity index (χ1v) is 8.28. The zero-order chi connectivity index (χ0) is 17.8. The number of carbonyl (C=O) groups is 2. The molecule has 0 amide bonds. The number of rotatable bonds is 4. The number of allylic oxidation sites excluding steroid dienone is 1. The van der Waals surface area contributed by atoms with Gasteiger partial charge in [-0.25, -0.2) is 4.79 Å². The van der Waals surface area contributed by atoms with Crippen molar-refractivity contribution in [2.75, 3.05) is 6.61 Å². The van der Waals surface area contributed by atoms with Crippen LogP contribution in [0.3, 0.4) is 0 Å². The monoisotopic (exact) mass is 337 g/mol. The van der Waals surface area contributed by atoms with E-state index >= 15 is 0 Å². The largest absolute Gasteiger partial charge is 0.462 e. The molecule has 0 spiro atoms. The van der Waals surface area contributed by atoms with Gasteiger partial charge in [-0.3, -0.25) is 9.59 Å². The van der Waals surface area contributed by atoms with Gasteiger partial charge in [-0.1, -0.05) is 42.5 Å². The smallest absolute Gasteiger partial charge is 0.343 e. The van der Waals surface area contributed by atoms with Crippen molar-refractivity contribution in [2.45, 2.75) is 19.8 Å². The maximum atomic E-state index is 12.4. The summed E-state index contributed by atoms with van der Waals surface area (Å²) >= 11 is 0. The highest BCUT2D eigenvalue weighted by molar-refractivity contribution is 6.00. The van der Waals surface area contributed by atoms with Crippen LogP contribution in [0.25, 0.3) is 6.08 Å². The molecule has 25 heavy (non-hydrogen) atoms. The number of ketones is 1. The van der Waals surface area contributed by atoms with Crippen LogP contribution in [0.2, 0.25) is 0 Å². The van der Waals surface area contributed by atoms with Gasteiger partial charge in [-0.05, 0) is 30.9 Å². The van der Waals surface area contributed by atoms with Crippen molar-refractivity contribution < 1.29 is 14.3 Å². The zero-order valence-corrected chi connectivity index (χ0v) is 14.0. The number of carbonyl (C=O) groups excluding carboxylic acids is 2. The summed E-state index contributed by atoms with van der Waals surface area (Å²) in [5.41, 5.74) is 1.42. The molecular weight excluding hydrogens is 318 g/mol. The van der Waals surface area contributed by atoms with Crippen LogP contribution in [-0.2, 0) is 11.2 Å². The summed E-state index contributed by atoms with van der Waals surface area (Å²) in [6, 6.07) is 11.2. The van der Waals surface area contributed by atoms with Crippen LogP contribution < -0.4 is 5.56 Å². The quantitative estimate of drug-likeness (QED) is 0.870. The number of hydrogen-bond acceptors (Lipinski definition) is 4. The molecule has 0 fully saturated rings. The highest BCUT2D eigenvalue weighted by Crippen LogP contribution is 2.25. The summed E-state index contributed by atoms with van der Waals surface area (Å²) in [5, 5.41) is 0. The molecule has 0 bridgehead atoms. The predicted molar refractivity (Wildman–Crippen MR) is 94.6 cm³/mol. The van der Waals surface area contributed by atoms with Crippen LogP contribution in [0.15, 0.2) is 47.3 Å². The van der Waals surface area contributed by atoms with E-state index in [2.05, 4.69) is 4.98 Å². The Labute approximate surface area is 145 Å². The van der Waals surface area contributed by atoms with Crippen molar-refractivity contribution in [1.29, 1.82) is 0 Å². The normalized spacial score (nSPS) is 16.7. The van der Waals surface area contributed by atoms with Gasteiger partial charge >= 0.3 is 5.97 Å². The Morgan fingerprint density at radius 3 is 2.72 bits per heavy atom. The fourth-order valence-electron chi connectivity index (χ4n) is 2.97. The van der Waals surface area contributed by atoms with Gasteiger partial charge in [0.05, 0.1) is 6.61 Å². The molecule has 1 atom stereocenters. The number of esters is 1. The van der Waals surface area contributed by atoms with Crippen LogP contribution in [-0.4, -0.2) is 23.3 Å². The first-order chi connectivity index (χ1) is 12.1. The number of H-pyrrole nitrogens is 1. The number of aromatic nitrogens is 1. The summed E-state index contributed by atoms with van der Waals surface area (Å²) in [4.78, 5) is 39.1. The van der Waals surface area contributed by atoms with Crippen molar-refractivity contribution in [3.8, 4) is 0 Å². The molecule has 1 N–H and O–H groups in total. The number of hydrogen-bond donors (Lipinski definition) is 1. The van der Waals surface area contributed by atoms with Crippen molar-refractivity contribution in [2.24, 2.45) is 5.92 Å². The van der Waals surface area contributed by atoms with E-state index in [0.29, 0.717) is 24.1 Å². The fourth-order valence-corrected chi connectivity index (χ4v) is 2.97. The zero-order valence-electron chi connectivity index (χ0n) is 14.0. The van der Waals surface area contributed by atoms with Crippen molar-refractivity contribution in [3.63, 3.8) is 0 Å². The first-order valence-electron chi connectivity index (χ1n) is 8.28. The lowest BCUT2D eigenvalue weighted by atomic mass is 9.85. The molecule has 0 saturated carbocycles. The Balaban J connectivity index is 1.85. The molecule has 1 aromatic carbocycles. The SMILES string of the molecule is CCOC(=O)c1cc2c([nH]c1=O)CC(/C=C/c1ccccc1)CC2=O. The van der Waals surface area contributed by atoms with Crippen LogP contribution >= 0.6 is 0 Å². The lowest BCUT2D eigenvalue weighted by Crippen LogP contribution is -2.28. The van der Waals surface area contributed by atoms with E-state index in [0.717, 1.165) is 5.56 Å². The molecule has 1 aliphatic rings. The predicted octanol–water partition coefficient (Wildman–Crippen LogP) is 3.01. The lowest BCUT2D eigenvalue weighted by molar-refractivity contribution is 0.0524. The van der Waals surface area contributed by atoms with Gasteiger partial charge in [0.1, 0.15) is 5.56 Å². The number of Topliss-reactive ketones (excluding diaryl/α,β-unsaturated/α-hetero) is 1. The third kappa shape index (κ3) is 3.76. The van der Waals surface area contributed by atoms with Gasteiger partial charge < -0.3 is 9.72 Å². The molecule has 3 rings (SSSR count). The van der Waals surface area contributed by atoms with E-state index in [1.807, 2.05) is 42.5 Å². The third-order valence-corrected chi connectivity index (χ3v) is 4.19. The molecule has 0 radical (unpaired) electrons. The topological polar surface area (TPSA) is 76.2 Å². The van der Waals surface area contributed by atoms with Gasteiger partial charge in [-0.15, -0.1) is 0 Å². The molecule has 5 nitrogen and oxygen atoms in total. The lowest BCUT2D eigenvalue weighted by Gasteiger charge is -2.21. The molecule has 0 saturated heterocycles. The van der Waals surface area contributed by atoms with E-state index < -0.39 is 11.5 Å². The standard InChI is InChI=1S/C20H19NO4/c1-2-25-20(24)16-12-15-17(21-19(16)23)10-14(11-18(15)22)9-8-13-6-4-3-5-7-13/h3-9,12,14H,2,10-11H2,1H3,(H,21,23)/b9-8+. The van der Waals surface area contributed by atoms with Gasteiger partial charge in [0.15, 0.2) is 5.78 Å². The van der Waals surface area contributed by atoms with Gasteiger partial charge in [0.25, 0.3) is 5.56 Å². The molecule has 1 aromatic heterocycles. The summed E-state index contributed by atoms with van der Waals surface area (Å²) < 4.78 is 4.86. The third-order valence-electron chi connectivity index (χ3n) is 4.19. The highest BCUT2D eigenvalue weighted by atomic mass is 16.5. The van der Waals surface area contributed by atoms with Gasteiger partial charge in [0, 0.05) is 17.7 Å². The van der Waals surface area contributed by atoms with Gasteiger partial charge in [0.2, 0.25) is 0 Å². The molecule has 2 aromatic rings. The summed E-state index contributed by atoms with van der Waals surface area (Å²) in [5.74, 6) is -0.763. The van der Waals surface area contributed by atoms with Crippen LogP contribution in [0, 0.1) is 5.92 Å². The summed E-state index contributed by atoms with van der Waals surface area (Å²) in [6.07, 6.45) is 4.88. The number of nitrogens with one attached hydrogen (secondary N) is 1. The number of fused-ring (bicyclic) bond motifs is 1. The first kappa shape index (κ1) is 16.9. The molecule has 1 heterocycles. The molecule has 5 heteroatoms. The molecule has 0 aliphatic heterocycles. The van der Waals surface area contributed by atoms with Crippen LogP contribution in [0.4, 0.5) is 0 Å². The average Bonchev–Trinajstić information content (AvgIpc) is 2.60. The second-order valence-corrected chi connectivity index (χ2v) is 5.99. The number of aromatic amines is 1. The molecule has 128 valence electrons. The van der Waals surface area contributed by atoms with Crippen LogP contribution in [0.1, 0.15) is 45.3 Å². The Morgan fingerprint density at radius 1 is 1.24 bits per heavy atom. The average molecular weight is 337 g/mol. The fraction of sp³-hybridized carbons (Fsp3) is 0.250.